The first-order chi connectivity index (χ1) is 13.2. The third-order valence-electron chi connectivity index (χ3n) is 3.91. The summed E-state index contributed by atoms with van der Waals surface area (Å²) in [7, 11) is 0. The van der Waals surface area contributed by atoms with Crippen molar-refractivity contribution in [1.29, 1.82) is 0 Å². The van der Waals surface area contributed by atoms with E-state index in [0.717, 1.165) is 12.0 Å². The van der Waals surface area contributed by atoms with Gasteiger partial charge < -0.3 is 19.2 Å². The fraction of sp³-hybridized carbons (Fsp3) is 0.278. The van der Waals surface area contributed by atoms with Crippen molar-refractivity contribution in [1.82, 2.24) is 10.2 Å². The molecule has 0 spiro atoms. The Balaban J connectivity index is 1.38. The lowest BCUT2D eigenvalue weighted by atomic mass is 10.2. The first-order valence-electron chi connectivity index (χ1n) is 8.43. The van der Waals surface area contributed by atoms with Crippen LogP contribution >= 0.6 is 22.9 Å². The number of aromatic nitrogens is 2. The molecule has 4 rings (SSSR count). The Morgan fingerprint density at radius 2 is 2.04 bits per heavy atom. The molecule has 0 saturated heterocycles. The van der Waals surface area contributed by atoms with E-state index in [2.05, 4.69) is 15.5 Å². The SMILES string of the molecule is O=C(CCc1nnc(-c2ccsc2)o1)Nc1cc2c(cc1Cl)OCCCO2. The van der Waals surface area contributed by atoms with Crippen molar-refractivity contribution in [3.63, 3.8) is 0 Å². The van der Waals surface area contributed by atoms with E-state index >= 15 is 0 Å². The number of carbonyl (C=O) groups is 1. The predicted octanol–water partition coefficient (Wildman–Crippen LogP) is 4.18. The van der Waals surface area contributed by atoms with Crippen LogP contribution in [0.25, 0.3) is 11.5 Å². The highest BCUT2D eigenvalue weighted by Crippen LogP contribution is 2.37. The molecule has 0 unspecified atom stereocenters. The maximum atomic E-state index is 12.3. The van der Waals surface area contributed by atoms with Gasteiger partial charge in [0.05, 0.1) is 23.9 Å². The molecule has 2 aromatic heterocycles. The Kier molecular flexibility index (Phi) is 5.26. The number of carbonyl (C=O) groups excluding carboxylic acids is 1. The van der Waals surface area contributed by atoms with E-state index in [4.69, 9.17) is 25.5 Å². The molecule has 140 valence electrons. The van der Waals surface area contributed by atoms with Crippen LogP contribution in [-0.4, -0.2) is 29.3 Å². The van der Waals surface area contributed by atoms with Gasteiger partial charge in [-0.25, -0.2) is 0 Å². The van der Waals surface area contributed by atoms with E-state index in [1.165, 1.54) is 0 Å². The molecular weight excluding hydrogens is 390 g/mol. The van der Waals surface area contributed by atoms with Gasteiger partial charge in [0.15, 0.2) is 11.5 Å². The highest BCUT2D eigenvalue weighted by atomic mass is 35.5. The second-order valence-electron chi connectivity index (χ2n) is 5.89. The fourth-order valence-electron chi connectivity index (χ4n) is 2.57. The van der Waals surface area contributed by atoms with E-state index in [9.17, 15) is 4.79 Å². The van der Waals surface area contributed by atoms with Crippen LogP contribution in [0.1, 0.15) is 18.7 Å². The minimum Gasteiger partial charge on any atom is -0.490 e. The molecule has 1 amide bonds. The van der Waals surface area contributed by atoms with Crippen LogP contribution in [0.3, 0.4) is 0 Å². The molecule has 9 heteroatoms. The number of hydrogen-bond donors (Lipinski definition) is 1. The summed E-state index contributed by atoms with van der Waals surface area (Å²) < 4.78 is 16.8. The van der Waals surface area contributed by atoms with Crippen molar-refractivity contribution in [3.8, 4) is 23.0 Å². The average Bonchev–Trinajstić information content (AvgIpc) is 3.30. The smallest absolute Gasteiger partial charge is 0.248 e. The van der Waals surface area contributed by atoms with Gasteiger partial charge in [-0.15, -0.1) is 10.2 Å². The topological polar surface area (TPSA) is 86.5 Å². The zero-order valence-electron chi connectivity index (χ0n) is 14.2. The number of ether oxygens (including phenoxy) is 2. The third kappa shape index (κ3) is 4.23. The van der Waals surface area contributed by atoms with Crippen LogP contribution in [0, 0.1) is 0 Å². The number of hydrogen-bond acceptors (Lipinski definition) is 7. The number of thiophene rings is 1. The summed E-state index contributed by atoms with van der Waals surface area (Å²) >= 11 is 7.80. The Morgan fingerprint density at radius 1 is 1.22 bits per heavy atom. The van der Waals surface area contributed by atoms with Crippen molar-refractivity contribution in [2.75, 3.05) is 18.5 Å². The van der Waals surface area contributed by atoms with Crippen molar-refractivity contribution >= 4 is 34.5 Å². The maximum Gasteiger partial charge on any atom is 0.248 e. The molecule has 1 aliphatic heterocycles. The number of halogens is 1. The summed E-state index contributed by atoms with van der Waals surface area (Å²) in [4.78, 5) is 12.3. The molecule has 7 nitrogen and oxygen atoms in total. The molecule has 1 aromatic carbocycles. The molecule has 3 aromatic rings. The molecule has 0 fully saturated rings. The van der Waals surface area contributed by atoms with Crippen LogP contribution < -0.4 is 14.8 Å². The van der Waals surface area contributed by atoms with Crippen LogP contribution in [0.15, 0.2) is 33.4 Å². The average molecular weight is 406 g/mol. The van der Waals surface area contributed by atoms with Gasteiger partial charge in [0, 0.05) is 42.3 Å². The third-order valence-corrected chi connectivity index (χ3v) is 4.91. The number of anilines is 1. The summed E-state index contributed by atoms with van der Waals surface area (Å²) in [6.07, 6.45) is 1.33. The van der Waals surface area contributed by atoms with Gasteiger partial charge in [0.2, 0.25) is 17.7 Å². The second kappa shape index (κ2) is 7.98. The number of benzene rings is 1. The monoisotopic (exact) mass is 405 g/mol. The second-order valence-corrected chi connectivity index (χ2v) is 7.08. The van der Waals surface area contributed by atoms with Crippen molar-refractivity contribution < 1.29 is 18.7 Å². The van der Waals surface area contributed by atoms with Gasteiger partial charge in [0.1, 0.15) is 0 Å². The van der Waals surface area contributed by atoms with Gasteiger partial charge in [-0.3, -0.25) is 4.79 Å². The lowest BCUT2D eigenvalue weighted by Gasteiger charge is -2.12. The van der Waals surface area contributed by atoms with Crippen molar-refractivity contribution in [2.45, 2.75) is 19.3 Å². The lowest BCUT2D eigenvalue weighted by molar-refractivity contribution is -0.116. The molecule has 0 bridgehead atoms. The molecule has 0 aliphatic carbocycles. The Hall–Kier alpha value is -2.58. The molecule has 0 saturated carbocycles. The molecule has 27 heavy (non-hydrogen) atoms. The molecule has 1 N–H and O–H groups in total. The van der Waals surface area contributed by atoms with Crippen LogP contribution in [0.4, 0.5) is 5.69 Å². The van der Waals surface area contributed by atoms with Crippen molar-refractivity contribution in [3.05, 3.63) is 39.9 Å². The zero-order valence-corrected chi connectivity index (χ0v) is 15.8. The standard InChI is InChI=1S/C18H16ClN3O4S/c19-12-8-14-15(25-6-1-5-24-14)9-13(12)20-16(23)2-3-17-21-22-18(26-17)11-4-7-27-10-11/h4,7-10H,1-3,5-6H2,(H,20,23). The first-order valence-corrected chi connectivity index (χ1v) is 9.75. The zero-order chi connectivity index (χ0) is 18.6. The first kappa shape index (κ1) is 17.8. The minimum atomic E-state index is -0.207. The van der Waals surface area contributed by atoms with Gasteiger partial charge >= 0.3 is 0 Å². The highest BCUT2D eigenvalue weighted by Gasteiger charge is 2.16. The number of fused-ring (bicyclic) bond motifs is 1. The number of nitrogens with zero attached hydrogens (tertiary/aromatic N) is 2. The normalized spacial score (nSPS) is 13.2. The molecule has 1 aliphatic rings. The summed E-state index contributed by atoms with van der Waals surface area (Å²) in [5.41, 5.74) is 1.36. The molecular formula is C18H16ClN3O4S. The molecule has 0 atom stereocenters. The van der Waals surface area contributed by atoms with E-state index in [0.29, 0.717) is 53.6 Å². The van der Waals surface area contributed by atoms with Gasteiger partial charge in [-0.05, 0) is 11.4 Å². The minimum absolute atomic E-state index is 0.191. The Bertz CT molecular complexity index is 942. The number of rotatable bonds is 5. The van der Waals surface area contributed by atoms with Crippen LogP contribution in [0.5, 0.6) is 11.5 Å². The van der Waals surface area contributed by atoms with E-state index in [1.54, 1.807) is 23.5 Å². The largest absolute Gasteiger partial charge is 0.490 e. The van der Waals surface area contributed by atoms with E-state index < -0.39 is 0 Å². The maximum absolute atomic E-state index is 12.3. The van der Waals surface area contributed by atoms with E-state index in [-0.39, 0.29) is 12.3 Å². The van der Waals surface area contributed by atoms with Gasteiger partial charge in [-0.2, -0.15) is 11.3 Å². The summed E-state index contributed by atoms with van der Waals surface area (Å²) in [6.45, 7) is 1.14. The summed E-state index contributed by atoms with van der Waals surface area (Å²) in [5.74, 6) is 1.82. The quantitative estimate of drug-likeness (QED) is 0.685. The lowest BCUT2D eigenvalue weighted by Crippen LogP contribution is -2.13. The van der Waals surface area contributed by atoms with Crippen molar-refractivity contribution in [2.24, 2.45) is 0 Å². The van der Waals surface area contributed by atoms with Crippen LogP contribution in [-0.2, 0) is 11.2 Å². The molecule has 3 heterocycles. The Labute approximate surface area is 164 Å². The van der Waals surface area contributed by atoms with Gasteiger partial charge in [0.25, 0.3) is 0 Å². The number of aryl methyl sites for hydroxylation is 1. The summed E-state index contributed by atoms with van der Waals surface area (Å²) in [6, 6.07) is 5.24. The predicted molar refractivity (Wildman–Crippen MR) is 102 cm³/mol. The van der Waals surface area contributed by atoms with E-state index in [1.807, 2.05) is 16.8 Å². The Morgan fingerprint density at radius 3 is 2.81 bits per heavy atom. The highest BCUT2D eigenvalue weighted by molar-refractivity contribution is 7.08. The fourth-order valence-corrected chi connectivity index (χ4v) is 3.40. The van der Waals surface area contributed by atoms with Crippen LogP contribution in [0.2, 0.25) is 5.02 Å². The molecule has 0 radical (unpaired) electrons. The number of amides is 1. The van der Waals surface area contributed by atoms with Gasteiger partial charge in [-0.1, -0.05) is 11.6 Å². The summed E-state index contributed by atoms with van der Waals surface area (Å²) in [5, 5.41) is 15.0. The number of nitrogens with one attached hydrogen (secondary N) is 1.